The molecule has 120 valence electrons. The van der Waals surface area contributed by atoms with E-state index in [9.17, 15) is 10.1 Å². The molecule has 1 unspecified atom stereocenters. The van der Waals surface area contributed by atoms with E-state index in [-0.39, 0.29) is 18.8 Å². The van der Waals surface area contributed by atoms with E-state index in [1.54, 1.807) is 0 Å². The van der Waals surface area contributed by atoms with Crippen LogP contribution in [-0.2, 0) is 4.79 Å². The average molecular weight is 313 g/mol. The van der Waals surface area contributed by atoms with Crippen LogP contribution in [-0.4, -0.2) is 48.7 Å². The number of fused-ring (bicyclic) bond motifs is 1. The number of carbonyl (C=O) groups excluding carboxylic acids is 1. The van der Waals surface area contributed by atoms with Crippen molar-refractivity contribution in [3.63, 3.8) is 0 Å². The maximum absolute atomic E-state index is 12.1. The highest BCUT2D eigenvalue weighted by Gasteiger charge is 2.35. The second kappa shape index (κ2) is 5.74. The second-order valence-corrected chi connectivity index (χ2v) is 6.28. The van der Waals surface area contributed by atoms with Crippen molar-refractivity contribution in [1.82, 2.24) is 9.80 Å². The monoisotopic (exact) mass is 313 g/mol. The van der Waals surface area contributed by atoms with Gasteiger partial charge in [-0.15, -0.1) is 0 Å². The van der Waals surface area contributed by atoms with Gasteiger partial charge in [-0.2, -0.15) is 5.26 Å². The van der Waals surface area contributed by atoms with Gasteiger partial charge < -0.3 is 14.4 Å². The van der Waals surface area contributed by atoms with Crippen molar-refractivity contribution >= 4 is 5.91 Å². The van der Waals surface area contributed by atoms with Gasteiger partial charge in [0.05, 0.1) is 6.07 Å². The summed E-state index contributed by atoms with van der Waals surface area (Å²) >= 11 is 0. The van der Waals surface area contributed by atoms with Gasteiger partial charge in [0.2, 0.25) is 12.7 Å². The highest BCUT2D eigenvalue weighted by molar-refractivity contribution is 5.81. The zero-order chi connectivity index (χ0) is 15.8. The lowest BCUT2D eigenvalue weighted by Gasteiger charge is -2.37. The van der Waals surface area contributed by atoms with Crippen LogP contribution in [0.5, 0.6) is 11.5 Å². The molecule has 2 heterocycles. The van der Waals surface area contributed by atoms with Crippen LogP contribution < -0.4 is 9.47 Å². The van der Waals surface area contributed by atoms with Crippen molar-refractivity contribution in [2.75, 3.05) is 33.0 Å². The quantitative estimate of drug-likeness (QED) is 0.847. The first-order valence-electron chi connectivity index (χ1n) is 8.08. The fraction of sp³-hybridized carbons (Fsp3) is 0.529. The molecule has 2 aliphatic heterocycles. The summed E-state index contributed by atoms with van der Waals surface area (Å²) in [7, 11) is 0. The molecule has 1 aliphatic carbocycles. The molecule has 2 fully saturated rings. The molecular formula is C17H19N3O3. The number of amides is 1. The van der Waals surface area contributed by atoms with Gasteiger partial charge in [-0.05, 0) is 30.5 Å². The predicted octanol–water partition coefficient (Wildman–Crippen LogP) is 1.53. The molecule has 0 aromatic heterocycles. The predicted molar refractivity (Wildman–Crippen MR) is 81.8 cm³/mol. The van der Waals surface area contributed by atoms with Crippen molar-refractivity contribution in [1.29, 1.82) is 5.26 Å². The van der Waals surface area contributed by atoms with E-state index in [0.29, 0.717) is 24.7 Å². The Kier molecular flexibility index (Phi) is 3.58. The summed E-state index contributed by atoms with van der Waals surface area (Å²) in [5.74, 6) is 1.99. The molecule has 0 radical (unpaired) electrons. The lowest BCUT2D eigenvalue weighted by Crippen LogP contribution is -2.49. The summed E-state index contributed by atoms with van der Waals surface area (Å²) in [6, 6.07) is 7.73. The number of piperazine rings is 1. The van der Waals surface area contributed by atoms with Gasteiger partial charge in [0.25, 0.3) is 0 Å². The van der Waals surface area contributed by atoms with E-state index in [4.69, 9.17) is 9.47 Å². The maximum atomic E-state index is 12.1. The van der Waals surface area contributed by atoms with Crippen LogP contribution in [0.2, 0.25) is 0 Å². The van der Waals surface area contributed by atoms with Crippen LogP contribution in [0.3, 0.4) is 0 Å². The summed E-state index contributed by atoms with van der Waals surface area (Å²) in [6.07, 6.45) is 2.08. The van der Waals surface area contributed by atoms with Crippen LogP contribution in [0.1, 0.15) is 24.4 Å². The molecule has 4 rings (SSSR count). The molecule has 1 saturated carbocycles. The van der Waals surface area contributed by atoms with E-state index in [1.165, 1.54) is 0 Å². The normalized spacial score (nSPS) is 21.8. The Morgan fingerprint density at radius 3 is 2.61 bits per heavy atom. The molecule has 0 spiro atoms. The number of nitrogens with zero attached hydrogens (tertiary/aromatic N) is 3. The first-order chi connectivity index (χ1) is 11.3. The van der Waals surface area contributed by atoms with Crippen molar-refractivity contribution < 1.29 is 14.3 Å². The number of rotatable bonds is 3. The summed E-state index contributed by atoms with van der Waals surface area (Å²) in [5, 5.41) is 9.61. The zero-order valence-electron chi connectivity index (χ0n) is 12.9. The third-order valence-electron chi connectivity index (χ3n) is 4.75. The average Bonchev–Trinajstić information content (AvgIpc) is 3.33. The molecule has 1 atom stereocenters. The zero-order valence-corrected chi connectivity index (χ0v) is 12.9. The molecule has 1 amide bonds. The Labute approximate surface area is 135 Å². The van der Waals surface area contributed by atoms with Crippen molar-refractivity contribution in [3.05, 3.63) is 23.8 Å². The largest absolute Gasteiger partial charge is 0.454 e. The van der Waals surface area contributed by atoms with Gasteiger partial charge in [-0.1, -0.05) is 6.07 Å². The van der Waals surface area contributed by atoms with E-state index in [2.05, 4.69) is 11.0 Å². The minimum Gasteiger partial charge on any atom is -0.454 e. The Balaban J connectivity index is 1.44. The first kappa shape index (κ1) is 14.3. The number of carbonyl (C=O) groups is 1. The first-order valence-corrected chi connectivity index (χ1v) is 8.08. The highest BCUT2D eigenvalue weighted by atomic mass is 16.7. The molecule has 23 heavy (non-hydrogen) atoms. The molecule has 1 saturated heterocycles. The van der Waals surface area contributed by atoms with Crippen LogP contribution in [0, 0.1) is 17.2 Å². The van der Waals surface area contributed by atoms with Gasteiger partial charge in [0.15, 0.2) is 11.5 Å². The standard InChI is InChI=1S/C17H19N3O3/c18-10-14(13-3-4-15-16(9-13)23-11-22-15)19-5-7-20(8-6-19)17(21)12-1-2-12/h3-4,9,12,14H,1-2,5-8,11H2. The molecule has 6 heteroatoms. The Hall–Kier alpha value is -2.26. The number of hydrogen-bond acceptors (Lipinski definition) is 5. The Morgan fingerprint density at radius 1 is 1.17 bits per heavy atom. The second-order valence-electron chi connectivity index (χ2n) is 6.28. The minimum absolute atomic E-state index is 0.234. The topological polar surface area (TPSA) is 65.8 Å². The number of hydrogen-bond donors (Lipinski definition) is 0. The molecule has 1 aromatic carbocycles. The van der Waals surface area contributed by atoms with Gasteiger partial charge in [0.1, 0.15) is 6.04 Å². The smallest absolute Gasteiger partial charge is 0.231 e. The lowest BCUT2D eigenvalue weighted by atomic mass is 10.0. The summed E-state index contributed by atoms with van der Waals surface area (Å²) < 4.78 is 10.7. The molecule has 1 aromatic rings. The fourth-order valence-corrected chi connectivity index (χ4v) is 3.24. The number of benzene rings is 1. The van der Waals surface area contributed by atoms with Crippen molar-refractivity contribution in [2.24, 2.45) is 5.92 Å². The van der Waals surface area contributed by atoms with Crippen LogP contribution in [0.4, 0.5) is 0 Å². The van der Waals surface area contributed by atoms with Crippen molar-refractivity contribution in [3.8, 4) is 17.6 Å². The third-order valence-corrected chi connectivity index (χ3v) is 4.75. The van der Waals surface area contributed by atoms with E-state index in [1.807, 2.05) is 23.1 Å². The fourth-order valence-electron chi connectivity index (χ4n) is 3.24. The summed E-state index contributed by atoms with van der Waals surface area (Å²) in [5.41, 5.74) is 0.915. The van der Waals surface area contributed by atoms with Gasteiger partial charge in [0, 0.05) is 32.1 Å². The van der Waals surface area contributed by atoms with E-state index >= 15 is 0 Å². The van der Waals surface area contributed by atoms with Crippen LogP contribution in [0.15, 0.2) is 18.2 Å². The maximum Gasteiger partial charge on any atom is 0.231 e. The van der Waals surface area contributed by atoms with Gasteiger partial charge >= 0.3 is 0 Å². The van der Waals surface area contributed by atoms with E-state index in [0.717, 1.165) is 37.2 Å². The highest BCUT2D eigenvalue weighted by Crippen LogP contribution is 2.36. The number of ether oxygens (including phenoxy) is 2. The van der Waals surface area contributed by atoms with Crippen LogP contribution >= 0.6 is 0 Å². The summed E-state index contributed by atoms with van der Waals surface area (Å²) in [4.78, 5) is 16.2. The lowest BCUT2D eigenvalue weighted by molar-refractivity contribution is -0.134. The Bertz CT molecular complexity index is 658. The van der Waals surface area contributed by atoms with Gasteiger partial charge in [-0.25, -0.2) is 0 Å². The molecule has 6 nitrogen and oxygen atoms in total. The molecule has 0 N–H and O–H groups in total. The van der Waals surface area contributed by atoms with E-state index < -0.39 is 0 Å². The third kappa shape index (κ3) is 2.73. The SMILES string of the molecule is N#CC(c1ccc2c(c1)OCO2)N1CCN(C(=O)C2CC2)CC1. The Morgan fingerprint density at radius 2 is 1.91 bits per heavy atom. The number of nitriles is 1. The van der Waals surface area contributed by atoms with Crippen LogP contribution in [0.25, 0.3) is 0 Å². The summed E-state index contributed by atoms with van der Waals surface area (Å²) in [6.45, 7) is 3.10. The molecule has 3 aliphatic rings. The molecular weight excluding hydrogens is 294 g/mol. The van der Waals surface area contributed by atoms with Crippen molar-refractivity contribution in [2.45, 2.75) is 18.9 Å². The van der Waals surface area contributed by atoms with Gasteiger partial charge in [-0.3, -0.25) is 9.69 Å². The minimum atomic E-state index is -0.317. The molecule has 0 bridgehead atoms.